The van der Waals surface area contributed by atoms with Gasteiger partial charge in [0.2, 0.25) is 0 Å². The Bertz CT molecular complexity index is 1080. The molecule has 2 amide bonds. The minimum absolute atomic E-state index is 0.0434. The molecule has 3 aromatic rings. The second kappa shape index (κ2) is 6.42. The van der Waals surface area contributed by atoms with Crippen LogP contribution in [0.15, 0.2) is 70.3 Å². The van der Waals surface area contributed by atoms with Crippen LogP contribution < -0.4 is 4.90 Å². The van der Waals surface area contributed by atoms with Crippen molar-refractivity contribution in [1.82, 2.24) is 4.31 Å². The molecule has 0 N–H and O–H groups in total. The van der Waals surface area contributed by atoms with Crippen molar-refractivity contribution in [1.29, 1.82) is 0 Å². The zero-order valence-electron chi connectivity index (χ0n) is 13.4. The summed E-state index contributed by atoms with van der Waals surface area (Å²) in [6, 6.07) is 15.2. The molecule has 0 saturated heterocycles. The summed E-state index contributed by atoms with van der Waals surface area (Å²) in [6.07, 6.45) is 0. The topological polar surface area (TPSA) is 57.7 Å². The smallest absolute Gasteiger partial charge is 0.258 e. The van der Waals surface area contributed by atoms with Gasteiger partial charge < -0.3 is 0 Å². The Morgan fingerprint density at radius 3 is 2.35 bits per heavy atom. The van der Waals surface area contributed by atoms with E-state index in [0.717, 1.165) is 9.87 Å². The second-order valence-corrected chi connectivity index (χ2v) is 8.67. The summed E-state index contributed by atoms with van der Waals surface area (Å²) in [5, 5.41) is 3.56. The fraction of sp³-hybridized carbons (Fsp3) is 0.0556. The van der Waals surface area contributed by atoms with Gasteiger partial charge in [-0.25, -0.2) is 17.5 Å². The number of hydrogen-bond acceptors (Lipinski definition) is 4. The largest absolute Gasteiger partial charge is 0.343 e. The molecule has 0 fully saturated rings. The van der Waals surface area contributed by atoms with Gasteiger partial charge in [0.15, 0.2) is 0 Å². The zero-order valence-corrected chi connectivity index (χ0v) is 15.8. The normalized spacial score (nSPS) is 15.8. The molecule has 5 nitrogen and oxygen atoms in total. The van der Waals surface area contributed by atoms with E-state index < -0.39 is 16.1 Å². The van der Waals surface area contributed by atoms with Crippen molar-refractivity contribution >= 4 is 50.4 Å². The number of amides is 2. The molecule has 0 atom stereocenters. The summed E-state index contributed by atoms with van der Waals surface area (Å²) >= 11 is 7.51. The van der Waals surface area contributed by atoms with Crippen molar-refractivity contribution in [3.05, 3.63) is 75.9 Å². The maximum absolute atomic E-state index is 13.2. The lowest BCUT2D eigenvalue weighted by atomic mass is 10.2. The van der Waals surface area contributed by atoms with E-state index in [2.05, 4.69) is 0 Å². The highest BCUT2D eigenvalue weighted by Gasteiger charge is 2.43. The second-order valence-electron chi connectivity index (χ2n) is 5.69. The van der Waals surface area contributed by atoms with E-state index in [1.165, 1.54) is 16.2 Å². The number of thiophene rings is 1. The van der Waals surface area contributed by atoms with Crippen LogP contribution in [0.1, 0.15) is 5.56 Å². The molecular formula is C18H13ClN2O3S2. The predicted octanol–water partition coefficient (Wildman–Crippen LogP) is 4.86. The summed E-state index contributed by atoms with van der Waals surface area (Å²) in [5.74, 6) is 0. The number of halogens is 1. The standard InChI is InChI=1S/C18H13ClN2O3S2/c19-14-8-4-5-9-15(14)21-16-11-25-12-17(16)26(23,24)20(18(21)22)10-13-6-2-1-3-7-13/h1-9,11-12H,10H2. The van der Waals surface area contributed by atoms with Gasteiger partial charge >= 0.3 is 6.03 Å². The quantitative estimate of drug-likeness (QED) is 0.626. The predicted molar refractivity (Wildman–Crippen MR) is 102 cm³/mol. The lowest BCUT2D eigenvalue weighted by Gasteiger charge is -2.35. The van der Waals surface area contributed by atoms with Crippen LogP contribution in [0, 0.1) is 0 Å². The summed E-state index contributed by atoms with van der Waals surface area (Å²) < 4.78 is 26.9. The van der Waals surface area contributed by atoms with Crippen LogP contribution in [-0.4, -0.2) is 18.8 Å². The van der Waals surface area contributed by atoms with Crippen LogP contribution >= 0.6 is 22.9 Å². The first-order valence-corrected chi connectivity index (χ1v) is 10.5. The summed E-state index contributed by atoms with van der Waals surface area (Å²) in [7, 11) is -3.93. The molecule has 0 aliphatic carbocycles. The number of nitrogens with zero attached hydrogens (tertiary/aromatic N) is 2. The van der Waals surface area contributed by atoms with Crippen molar-refractivity contribution in [2.45, 2.75) is 11.4 Å². The number of urea groups is 1. The molecule has 1 aliphatic rings. The Morgan fingerprint density at radius 1 is 0.923 bits per heavy atom. The molecule has 0 saturated carbocycles. The molecule has 4 rings (SSSR count). The number of carbonyl (C=O) groups excluding carboxylic acids is 1. The first-order chi connectivity index (χ1) is 12.5. The third-order valence-electron chi connectivity index (χ3n) is 4.08. The SMILES string of the molecule is O=C1N(c2ccccc2Cl)c2cscc2S(=O)(=O)N1Cc1ccccc1. The fourth-order valence-electron chi connectivity index (χ4n) is 2.84. The number of para-hydroxylation sites is 1. The van der Waals surface area contributed by atoms with Crippen LogP contribution in [0.4, 0.5) is 16.2 Å². The first-order valence-electron chi connectivity index (χ1n) is 7.71. The van der Waals surface area contributed by atoms with E-state index in [1.807, 2.05) is 6.07 Å². The molecule has 0 radical (unpaired) electrons. The van der Waals surface area contributed by atoms with Gasteiger partial charge in [0.05, 0.1) is 22.9 Å². The molecular weight excluding hydrogens is 392 g/mol. The van der Waals surface area contributed by atoms with Crippen molar-refractivity contribution in [2.24, 2.45) is 0 Å². The molecule has 26 heavy (non-hydrogen) atoms. The van der Waals surface area contributed by atoms with Crippen LogP contribution in [-0.2, 0) is 16.6 Å². The molecule has 1 aliphatic heterocycles. The van der Waals surface area contributed by atoms with Crippen molar-refractivity contribution in [2.75, 3.05) is 4.90 Å². The fourth-order valence-corrected chi connectivity index (χ4v) is 5.72. The Hall–Kier alpha value is -2.35. The number of sulfonamides is 1. The van der Waals surface area contributed by atoms with Gasteiger partial charge in [-0.1, -0.05) is 54.1 Å². The minimum atomic E-state index is -3.93. The van der Waals surface area contributed by atoms with E-state index in [9.17, 15) is 13.2 Å². The molecule has 2 heterocycles. The number of rotatable bonds is 3. The molecule has 0 bridgehead atoms. The van der Waals surface area contributed by atoms with Crippen LogP contribution in [0.3, 0.4) is 0 Å². The number of fused-ring (bicyclic) bond motifs is 1. The molecule has 132 valence electrons. The maximum atomic E-state index is 13.2. The molecule has 0 spiro atoms. The van der Waals surface area contributed by atoms with Crippen molar-refractivity contribution in [3.63, 3.8) is 0 Å². The Morgan fingerprint density at radius 2 is 1.62 bits per heavy atom. The molecule has 1 aromatic heterocycles. The van der Waals surface area contributed by atoms with Crippen molar-refractivity contribution in [3.8, 4) is 0 Å². The zero-order chi connectivity index (χ0) is 18.3. The number of hydrogen-bond donors (Lipinski definition) is 0. The lowest BCUT2D eigenvalue weighted by Crippen LogP contribution is -2.47. The average Bonchev–Trinajstić information content (AvgIpc) is 3.12. The Kier molecular flexibility index (Phi) is 4.22. The van der Waals surface area contributed by atoms with E-state index in [-0.39, 0.29) is 11.4 Å². The summed E-state index contributed by atoms with van der Waals surface area (Å²) in [5.41, 5.74) is 1.51. The molecule has 0 unspecified atom stereocenters. The molecule has 8 heteroatoms. The van der Waals surface area contributed by atoms with Gasteiger partial charge in [-0.15, -0.1) is 11.3 Å². The van der Waals surface area contributed by atoms with Crippen LogP contribution in [0.25, 0.3) is 0 Å². The maximum Gasteiger partial charge on any atom is 0.343 e. The van der Waals surface area contributed by atoms with Gasteiger partial charge in [0.1, 0.15) is 4.90 Å². The van der Waals surface area contributed by atoms with E-state index in [1.54, 1.807) is 59.3 Å². The highest BCUT2D eigenvalue weighted by molar-refractivity contribution is 7.90. The van der Waals surface area contributed by atoms with Crippen molar-refractivity contribution < 1.29 is 13.2 Å². The van der Waals surface area contributed by atoms with Gasteiger partial charge in [-0.3, -0.25) is 4.90 Å². The average molecular weight is 405 g/mol. The Labute approximate surface area is 160 Å². The Balaban J connectivity index is 1.87. The van der Waals surface area contributed by atoms with Gasteiger partial charge in [-0.05, 0) is 17.7 Å². The minimum Gasteiger partial charge on any atom is -0.258 e. The van der Waals surface area contributed by atoms with Gasteiger partial charge in [-0.2, -0.15) is 0 Å². The summed E-state index contributed by atoms with van der Waals surface area (Å²) in [4.78, 5) is 14.6. The van der Waals surface area contributed by atoms with Crippen LogP contribution in [0.5, 0.6) is 0 Å². The highest BCUT2D eigenvalue weighted by atomic mass is 35.5. The highest BCUT2D eigenvalue weighted by Crippen LogP contribution is 2.43. The number of carbonyl (C=O) groups is 1. The van der Waals surface area contributed by atoms with Crippen LogP contribution in [0.2, 0.25) is 5.02 Å². The number of benzene rings is 2. The monoisotopic (exact) mass is 404 g/mol. The number of anilines is 2. The summed E-state index contributed by atoms with van der Waals surface area (Å²) in [6.45, 7) is -0.0434. The van der Waals surface area contributed by atoms with Gasteiger partial charge in [0, 0.05) is 10.8 Å². The van der Waals surface area contributed by atoms with Gasteiger partial charge in [0.25, 0.3) is 10.0 Å². The molecule has 2 aromatic carbocycles. The third-order valence-corrected chi connectivity index (χ3v) is 7.03. The first kappa shape index (κ1) is 17.1. The van der Waals surface area contributed by atoms with E-state index in [4.69, 9.17) is 11.6 Å². The van der Waals surface area contributed by atoms with E-state index in [0.29, 0.717) is 16.4 Å². The lowest BCUT2D eigenvalue weighted by molar-refractivity contribution is 0.229. The van der Waals surface area contributed by atoms with E-state index >= 15 is 0 Å². The third kappa shape index (κ3) is 2.68.